The van der Waals surface area contributed by atoms with E-state index in [9.17, 15) is 4.79 Å². The lowest BCUT2D eigenvalue weighted by Gasteiger charge is -2.10. The van der Waals surface area contributed by atoms with Crippen LogP contribution in [-0.2, 0) is 19.3 Å². The van der Waals surface area contributed by atoms with Crippen molar-refractivity contribution < 1.29 is 9.90 Å². The van der Waals surface area contributed by atoms with Gasteiger partial charge in [0.1, 0.15) is 0 Å². The number of Topliss-reactive ketones (excluding diaryl/α,β-unsaturated/α-hetero) is 1. The van der Waals surface area contributed by atoms with Crippen molar-refractivity contribution in [3.63, 3.8) is 0 Å². The number of thiophene rings is 1. The lowest BCUT2D eigenvalue weighted by molar-refractivity contribution is 0.0986. The van der Waals surface area contributed by atoms with E-state index in [1.165, 1.54) is 27.1 Å². The van der Waals surface area contributed by atoms with Crippen LogP contribution in [0.1, 0.15) is 69.4 Å². The first-order valence-electron chi connectivity index (χ1n) is 11.0. The van der Waals surface area contributed by atoms with Crippen LogP contribution in [0.5, 0.6) is 0 Å². The molecule has 1 saturated carbocycles. The van der Waals surface area contributed by atoms with E-state index in [0.717, 1.165) is 43.0 Å². The first kappa shape index (κ1) is 20.8. The summed E-state index contributed by atoms with van der Waals surface area (Å²) >= 11 is 1.74. The van der Waals surface area contributed by atoms with Crippen LogP contribution in [0.3, 0.4) is 0 Å². The third kappa shape index (κ3) is 4.08. The Morgan fingerprint density at radius 3 is 2.55 bits per heavy atom. The molecule has 4 heteroatoms. The maximum atomic E-state index is 13.0. The van der Waals surface area contributed by atoms with Crippen molar-refractivity contribution in [1.29, 1.82) is 0 Å². The van der Waals surface area contributed by atoms with E-state index in [1.54, 1.807) is 11.3 Å². The fourth-order valence-electron chi connectivity index (χ4n) is 5.22. The SMILES string of the molecule is Cc1sc(C(=O)CCc2ccc(CCCNCCO)cc2)c2c1[C@H]1[C@@H](C2)C1(C)C. The van der Waals surface area contributed by atoms with E-state index in [0.29, 0.717) is 30.1 Å². The molecule has 156 valence electrons. The second kappa shape index (κ2) is 8.33. The number of nitrogens with one attached hydrogen (secondary N) is 1. The predicted molar refractivity (Wildman–Crippen MR) is 120 cm³/mol. The monoisotopic (exact) mass is 411 g/mol. The Balaban J connectivity index is 1.30. The van der Waals surface area contributed by atoms with Crippen LogP contribution in [0.25, 0.3) is 0 Å². The molecule has 0 amide bonds. The zero-order valence-corrected chi connectivity index (χ0v) is 18.7. The molecule has 2 aliphatic carbocycles. The molecular formula is C25H33NO2S. The van der Waals surface area contributed by atoms with Crippen molar-refractivity contribution in [3.8, 4) is 0 Å². The average molecular weight is 412 g/mol. The molecule has 0 aliphatic heterocycles. The summed E-state index contributed by atoms with van der Waals surface area (Å²) in [5.74, 6) is 1.79. The number of carbonyl (C=O) groups is 1. The van der Waals surface area contributed by atoms with Crippen molar-refractivity contribution in [2.45, 2.75) is 58.8 Å². The van der Waals surface area contributed by atoms with Gasteiger partial charge in [0.15, 0.2) is 5.78 Å². The highest BCUT2D eigenvalue weighted by molar-refractivity contribution is 7.14. The third-order valence-electron chi connectivity index (χ3n) is 7.04. The number of aliphatic hydroxyl groups excluding tert-OH is 1. The average Bonchev–Trinajstić information content (AvgIpc) is 3.04. The smallest absolute Gasteiger partial charge is 0.173 e. The van der Waals surface area contributed by atoms with Crippen molar-refractivity contribution in [2.75, 3.05) is 19.7 Å². The molecule has 3 nitrogen and oxygen atoms in total. The van der Waals surface area contributed by atoms with Crippen LogP contribution in [0, 0.1) is 18.3 Å². The van der Waals surface area contributed by atoms with E-state index in [4.69, 9.17) is 5.11 Å². The molecule has 2 aromatic rings. The predicted octanol–water partition coefficient (Wildman–Crippen LogP) is 4.68. The molecule has 2 atom stereocenters. The summed E-state index contributed by atoms with van der Waals surface area (Å²) in [5.41, 5.74) is 5.92. The van der Waals surface area contributed by atoms with E-state index in [2.05, 4.69) is 50.4 Å². The van der Waals surface area contributed by atoms with E-state index >= 15 is 0 Å². The van der Waals surface area contributed by atoms with Crippen LogP contribution in [-0.4, -0.2) is 30.6 Å². The highest BCUT2D eigenvalue weighted by Crippen LogP contribution is 2.71. The number of hydrogen-bond donors (Lipinski definition) is 2. The Bertz CT molecular complexity index is 881. The van der Waals surface area contributed by atoms with Crippen molar-refractivity contribution in [3.05, 3.63) is 56.3 Å². The number of ketones is 1. The first-order valence-corrected chi connectivity index (χ1v) is 11.8. The van der Waals surface area contributed by atoms with Crippen molar-refractivity contribution in [1.82, 2.24) is 5.32 Å². The second-order valence-electron chi connectivity index (χ2n) is 9.31. The zero-order valence-electron chi connectivity index (χ0n) is 17.9. The molecule has 29 heavy (non-hydrogen) atoms. The van der Waals surface area contributed by atoms with Gasteiger partial charge in [0.2, 0.25) is 0 Å². The van der Waals surface area contributed by atoms with E-state index < -0.39 is 0 Å². The molecule has 4 rings (SSSR count). The van der Waals surface area contributed by atoms with Crippen LogP contribution in [0.4, 0.5) is 0 Å². The van der Waals surface area contributed by atoms with Gasteiger partial charge < -0.3 is 10.4 Å². The van der Waals surface area contributed by atoms with Gasteiger partial charge in [-0.3, -0.25) is 4.79 Å². The second-order valence-corrected chi connectivity index (χ2v) is 10.5. The molecule has 1 fully saturated rings. The highest BCUT2D eigenvalue weighted by atomic mass is 32.1. The molecular weight excluding hydrogens is 378 g/mol. The van der Waals surface area contributed by atoms with Gasteiger partial charge in [-0.1, -0.05) is 38.1 Å². The molecule has 2 aliphatic rings. The Morgan fingerprint density at radius 2 is 1.86 bits per heavy atom. The number of aryl methyl sites for hydroxylation is 3. The third-order valence-corrected chi connectivity index (χ3v) is 8.25. The molecule has 0 unspecified atom stereocenters. The molecule has 1 aromatic heterocycles. The number of fused-ring (bicyclic) bond motifs is 3. The van der Waals surface area contributed by atoms with E-state index in [-0.39, 0.29) is 6.61 Å². The van der Waals surface area contributed by atoms with Gasteiger partial charge in [-0.2, -0.15) is 0 Å². The largest absolute Gasteiger partial charge is 0.395 e. The minimum Gasteiger partial charge on any atom is -0.395 e. The summed E-state index contributed by atoms with van der Waals surface area (Å²) in [6.07, 6.45) is 4.65. The summed E-state index contributed by atoms with van der Waals surface area (Å²) in [7, 11) is 0. The Morgan fingerprint density at radius 1 is 1.17 bits per heavy atom. The summed E-state index contributed by atoms with van der Waals surface area (Å²) in [6.45, 7) is 8.74. The lowest BCUT2D eigenvalue weighted by Crippen LogP contribution is -2.19. The molecule has 2 N–H and O–H groups in total. The van der Waals surface area contributed by atoms with Gasteiger partial charge in [-0.05, 0) is 78.7 Å². The topological polar surface area (TPSA) is 49.3 Å². The Hall–Kier alpha value is -1.49. The molecule has 0 bridgehead atoms. The number of benzene rings is 1. The summed E-state index contributed by atoms with van der Waals surface area (Å²) in [5, 5.41) is 12.0. The molecule has 1 aromatic carbocycles. The number of rotatable bonds is 10. The van der Waals surface area contributed by atoms with Gasteiger partial charge in [-0.15, -0.1) is 11.3 Å². The van der Waals surface area contributed by atoms with Gasteiger partial charge in [0.05, 0.1) is 11.5 Å². The van der Waals surface area contributed by atoms with Crippen LogP contribution in [0.2, 0.25) is 0 Å². The van der Waals surface area contributed by atoms with Gasteiger partial charge in [-0.25, -0.2) is 0 Å². The fourth-order valence-corrected chi connectivity index (χ4v) is 6.42. The van der Waals surface area contributed by atoms with Crippen LogP contribution in [0.15, 0.2) is 24.3 Å². The molecule has 0 spiro atoms. The number of aliphatic hydroxyl groups is 1. The molecule has 0 saturated heterocycles. The summed E-state index contributed by atoms with van der Waals surface area (Å²) in [4.78, 5) is 15.4. The molecule has 1 heterocycles. The number of hydrogen-bond acceptors (Lipinski definition) is 4. The van der Waals surface area contributed by atoms with Crippen molar-refractivity contribution in [2.24, 2.45) is 11.3 Å². The maximum Gasteiger partial charge on any atom is 0.173 e. The minimum absolute atomic E-state index is 0.195. The fraction of sp³-hybridized carbons (Fsp3) is 0.560. The van der Waals surface area contributed by atoms with Gasteiger partial charge in [0, 0.05) is 17.8 Å². The van der Waals surface area contributed by atoms with E-state index in [1.807, 2.05) is 0 Å². The summed E-state index contributed by atoms with van der Waals surface area (Å²) < 4.78 is 0. The Labute approximate surface area is 178 Å². The summed E-state index contributed by atoms with van der Waals surface area (Å²) in [6, 6.07) is 8.72. The normalized spacial score (nSPS) is 21.1. The maximum absolute atomic E-state index is 13.0. The van der Waals surface area contributed by atoms with Crippen LogP contribution < -0.4 is 5.32 Å². The first-order chi connectivity index (χ1) is 13.9. The zero-order chi connectivity index (χ0) is 20.6. The minimum atomic E-state index is 0.195. The lowest BCUT2D eigenvalue weighted by atomic mass is 9.94. The molecule has 0 radical (unpaired) electrons. The quantitative estimate of drug-likeness (QED) is 0.441. The van der Waals surface area contributed by atoms with Crippen molar-refractivity contribution >= 4 is 17.1 Å². The van der Waals surface area contributed by atoms with Crippen LogP contribution >= 0.6 is 11.3 Å². The standard InChI is InChI=1S/C25H33NO2S/c1-16-22-19(15-20-23(22)25(20,2)3)24(29-16)21(28)11-10-18-8-6-17(7-9-18)5-4-12-26-13-14-27/h6-9,20,23,26-27H,4-5,10-15H2,1-3H3/t20-,23-/m1/s1. The van der Waals surface area contributed by atoms with Gasteiger partial charge in [0.25, 0.3) is 0 Å². The Kier molecular flexibility index (Phi) is 5.97. The highest BCUT2D eigenvalue weighted by Gasteiger charge is 2.63. The number of carbonyl (C=O) groups excluding carboxylic acids is 1. The van der Waals surface area contributed by atoms with Gasteiger partial charge >= 0.3 is 0 Å².